The molecule has 7 heteroatoms. The van der Waals surface area contributed by atoms with Crippen molar-refractivity contribution in [1.29, 1.82) is 0 Å². The van der Waals surface area contributed by atoms with E-state index in [9.17, 15) is 14.4 Å². The van der Waals surface area contributed by atoms with E-state index in [-0.39, 0.29) is 11.5 Å². The minimum Gasteiger partial charge on any atom is -0.494 e. The molecule has 1 atom stereocenters. The molecule has 4 rings (SSSR count). The molecule has 1 saturated heterocycles. The average molecular weight is 393 g/mol. The fraction of sp³-hybridized carbons (Fsp3) is 0.318. The number of hydrogen-bond donors (Lipinski definition) is 1. The molecular weight excluding hydrogens is 370 g/mol. The Morgan fingerprint density at radius 3 is 2.48 bits per heavy atom. The molecule has 0 aliphatic carbocycles. The lowest BCUT2D eigenvalue weighted by atomic mass is 10.0. The number of hydrogen-bond acceptors (Lipinski definition) is 5. The molecule has 150 valence electrons. The molecule has 0 saturated carbocycles. The smallest absolute Gasteiger partial charge is 0.266 e. The van der Waals surface area contributed by atoms with Gasteiger partial charge in [-0.15, -0.1) is 0 Å². The predicted octanol–water partition coefficient (Wildman–Crippen LogP) is 2.31. The Morgan fingerprint density at radius 1 is 1.10 bits per heavy atom. The molecule has 1 fully saturated rings. The van der Waals surface area contributed by atoms with Crippen LogP contribution in [0.1, 0.15) is 44.4 Å². The van der Waals surface area contributed by atoms with E-state index in [4.69, 9.17) is 10.5 Å². The van der Waals surface area contributed by atoms with E-state index in [2.05, 4.69) is 0 Å². The molecule has 2 aliphatic rings. The van der Waals surface area contributed by atoms with Crippen molar-refractivity contribution in [3.63, 3.8) is 0 Å². The topological polar surface area (TPSA) is 92.9 Å². The van der Waals surface area contributed by atoms with Crippen molar-refractivity contribution in [1.82, 2.24) is 4.90 Å². The van der Waals surface area contributed by atoms with E-state index in [1.165, 1.54) is 6.07 Å². The molecule has 7 nitrogen and oxygen atoms in total. The van der Waals surface area contributed by atoms with Gasteiger partial charge < -0.3 is 15.4 Å². The minimum absolute atomic E-state index is 0.136. The van der Waals surface area contributed by atoms with Gasteiger partial charge in [0.25, 0.3) is 17.7 Å². The van der Waals surface area contributed by atoms with Crippen LogP contribution in [-0.2, 0) is 0 Å². The number of imide groups is 1. The number of likely N-dealkylation sites (tertiary alicyclic amines) is 1. The lowest BCUT2D eigenvalue weighted by Crippen LogP contribution is -2.30. The molecule has 0 spiro atoms. The Bertz CT molecular complexity index is 971. The predicted molar refractivity (Wildman–Crippen MR) is 108 cm³/mol. The summed E-state index contributed by atoms with van der Waals surface area (Å²) < 4.78 is 5.41. The number of nitrogens with zero attached hydrogens (tertiary/aromatic N) is 2. The fourth-order valence-corrected chi connectivity index (χ4v) is 3.86. The quantitative estimate of drug-likeness (QED) is 0.787. The van der Waals surface area contributed by atoms with Gasteiger partial charge in [-0.05, 0) is 68.3 Å². The Balaban J connectivity index is 1.58. The van der Waals surface area contributed by atoms with Crippen molar-refractivity contribution in [3.05, 3.63) is 59.2 Å². The number of ether oxygens (including phenoxy) is 1. The van der Waals surface area contributed by atoms with Crippen molar-refractivity contribution in [2.75, 3.05) is 31.1 Å². The molecule has 2 heterocycles. The maximum absolute atomic E-state index is 12.9. The zero-order valence-corrected chi connectivity index (χ0v) is 16.3. The van der Waals surface area contributed by atoms with E-state index >= 15 is 0 Å². The summed E-state index contributed by atoms with van der Waals surface area (Å²) in [5, 5.41) is 0. The number of carbonyl (C=O) groups excluding carboxylic acids is 3. The van der Waals surface area contributed by atoms with E-state index in [0.29, 0.717) is 54.7 Å². The van der Waals surface area contributed by atoms with Crippen LogP contribution < -0.4 is 15.4 Å². The van der Waals surface area contributed by atoms with Crippen molar-refractivity contribution in [2.45, 2.75) is 13.3 Å². The Morgan fingerprint density at radius 2 is 1.83 bits per heavy atom. The average Bonchev–Trinajstić information content (AvgIpc) is 3.32. The molecule has 3 amide bonds. The van der Waals surface area contributed by atoms with Gasteiger partial charge in [0, 0.05) is 18.7 Å². The zero-order chi connectivity index (χ0) is 20.5. The number of fused-ring (bicyclic) bond motifs is 1. The molecule has 2 aliphatic heterocycles. The van der Waals surface area contributed by atoms with Crippen LogP contribution in [0.3, 0.4) is 0 Å². The molecule has 2 aromatic carbocycles. The first kappa shape index (κ1) is 19.1. The third kappa shape index (κ3) is 3.38. The summed E-state index contributed by atoms with van der Waals surface area (Å²) in [7, 11) is 0. The highest BCUT2D eigenvalue weighted by Gasteiger charge is 2.37. The summed E-state index contributed by atoms with van der Waals surface area (Å²) in [4.78, 5) is 41.4. The SMILES string of the molecule is CCOc1ccc(N2C(=O)c3ccc(C(=O)N4CCC(CN)C4)cc3C2=O)cc1. The second-order valence-electron chi connectivity index (χ2n) is 7.27. The first-order valence-electron chi connectivity index (χ1n) is 9.78. The van der Waals surface area contributed by atoms with Gasteiger partial charge in [0.1, 0.15) is 5.75 Å². The van der Waals surface area contributed by atoms with Crippen LogP contribution in [0, 0.1) is 5.92 Å². The van der Waals surface area contributed by atoms with E-state index in [1.807, 2.05) is 6.92 Å². The molecule has 0 bridgehead atoms. The molecule has 2 N–H and O–H groups in total. The van der Waals surface area contributed by atoms with E-state index in [1.54, 1.807) is 41.3 Å². The molecule has 0 aromatic heterocycles. The normalized spacial score (nSPS) is 18.3. The molecule has 29 heavy (non-hydrogen) atoms. The van der Waals surface area contributed by atoms with E-state index in [0.717, 1.165) is 11.3 Å². The van der Waals surface area contributed by atoms with Gasteiger partial charge in [-0.1, -0.05) is 0 Å². The molecule has 1 unspecified atom stereocenters. The Kier molecular flexibility index (Phi) is 5.07. The summed E-state index contributed by atoms with van der Waals surface area (Å²) in [5.74, 6) is 0.0278. The van der Waals surface area contributed by atoms with Crippen LogP contribution in [0.4, 0.5) is 5.69 Å². The van der Waals surface area contributed by atoms with Gasteiger partial charge in [-0.3, -0.25) is 14.4 Å². The largest absolute Gasteiger partial charge is 0.494 e. The zero-order valence-electron chi connectivity index (χ0n) is 16.3. The summed E-state index contributed by atoms with van der Waals surface area (Å²) in [6, 6.07) is 11.5. The maximum Gasteiger partial charge on any atom is 0.266 e. The second-order valence-corrected chi connectivity index (χ2v) is 7.27. The van der Waals surface area contributed by atoms with Crippen LogP contribution in [-0.4, -0.2) is 48.9 Å². The van der Waals surface area contributed by atoms with E-state index < -0.39 is 11.8 Å². The number of rotatable bonds is 5. The first-order valence-corrected chi connectivity index (χ1v) is 9.78. The number of carbonyl (C=O) groups is 3. The van der Waals surface area contributed by atoms with Gasteiger partial charge in [-0.2, -0.15) is 0 Å². The third-order valence-electron chi connectivity index (χ3n) is 5.45. The monoisotopic (exact) mass is 393 g/mol. The van der Waals surface area contributed by atoms with Crippen LogP contribution in [0.25, 0.3) is 0 Å². The second kappa shape index (κ2) is 7.67. The highest BCUT2D eigenvalue weighted by Crippen LogP contribution is 2.31. The lowest BCUT2D eigenvalue weighted by Gasteiger charge is -2.16. The first-order chi connectivity index (χ1) is 14.0. The summed E-state index contributed by atoms with van der Waals surface area (Å²) >= 11 is 0. The van der Waals surface area contributed by atoms with Gasteiger partial charge >= 0.3 is 0 Å². The highest BCUT2D eigenvalue weighted by molar-refractivity contribution is 6.34. The highest BCUT2D eigenvalue weighted by atomic mass is 16.5. The van der Waals surface area contributed by atoms with Gasteiger partial charge in [0.05, 0.1) is 23.4 Å². The van der Waals surface area contributed by atoms with Crippen molar-refractivity contribution < 1.29 is 19.1 Å². The summed E-state index contributed by atoms with van der Waals surface area (Å²) in [5.41, 5.74) is 7.15. The van der Waals surface area contributed by atoms with Gasteiger partial charge in [0.15, 0.2) is 0 Å². The molecule has 2 aromatic rings. The standard InChI is InChI=1S/C22H23N3O4/c1-2-29-17-6-4-16(5-7-17)25-21(27)18-8-3-15(11-19(18)22(25)28)20(26)24-10-9-14(12-23)13-24/h3-8,11,14H,2,9-10,12-13,23H2,1H3. The molecular formula is C22H23N3O4. The number of benzene rings is 2. The summed E-state index contributed by atoms with van der Waals surface area (Å²) in [6.07, 6.45) is 0.885. The fourth-order valence-electron chi connectivity index (χ4n) is 3.86. The number of nitrogens with two attached hydrogens (primary N) is 1. The van der Waals surface area contributed by atoms with Crippen LogP contribution in [0.15, 0.2) is 42.5 Å². The minimum atomic E-state index is -0.426. The van der Waals surface area contributed by atoms with Crippen LogP contribution >= 0.6 is 0 Å². The molecule has 0 radical (unpaired) electrons. The lowest BCUT2D eigenvalue weighted by molar-refractivity contribution is 0.0787. The van der Waals surface area contributed by atoms with Crippen LogP contribution in [0.5, 0.6) is 5.75 Å². The van der Waals surface area contributed by atoms with Crippen LogP contribution in [0.2, 0.25) is 0 Å². The maximum atomic E-state index is 12.9. The van der Waals surface area contributed by atoms with Crippen molar-refractivity contribution in [3.8, 4) is 5.75 Å². The van der Waals surface area contributed by atoms with Crippen molar-refractivity contribution >= 4 is 23.4 Å². The summed E-state index contributed by atoms with van der Waals surface area (Å²) in [6.45, 7) is 4.25. The van der Waals surface area contributed by atoms with Crippen molar-refractivity contribution in [2.24, 2.45) is 11.7 Å². The number of anilines is 1. The van der Waals surface area contributed by atoms with Gasteiger partial charge in [-0.25, -0.2) is 4.90 Å². The van der Waals surface area contributed by atoms with Gasteiger partial charge in [0.2, 0.25) is 0 Å². The Labute approximate surface area is 169 Å². The third-order valence-corrected chi connectivity index (χ3v) is 5.45. The number of amides is 3. The Hall–Kier alpha value is -3.19.